The van der Waals surface area contributed by atoms with Crippen molar-refractivity contribution in [2.75, 3.05) is 13.1 Å². The summed E-state index contributed by atoms with van der Waals surface area (Å²) >= 11 is 0. The zero-order valence-electron chi connectivity index (χ0n) is 11.5. The van der Waals surface area contributed by atoms with Crippen molar-refractivity contribution >= 4 is 5.91 Å². The first kappa shape index (κ1) is 14.5. The first-order chi connectivity index (χ1) is 8.69. The van der Waals surface area contributed by atoms with Crippen LogP contribution in [0.1, 0.15) is 32.3 Å². The summed E-state index contributed by atoms with van der Waals surface area (Å²) in [6.45, 7) is 9.42. The molecule has 1 aromatic carbocycles. The van der Waals surface area contributed by atoms with Crippen LogP contribution in [0.2, 0.25) is 0 Å². The summed E-state index contributed by atoms with van der Waals surface area (Å²) < 4.78 is 0. The van der Waals surface area contributed by atoms with Crippen molar-refractivity contribution in [2.45, 2.75) is 33.1 Å². The molecule has 0 saturated heterocycles. The molecule has 0 N–H and O–H groups in total. The summed E-state index contributed by atoms with van der Waals surface area (Å²) in [5.74, 6) is 0.105. The van der Waals surface area contributed by atoms with Gasteiger partial charge in [-0.2, -0.15) is 0 Å². The van der Waals surface area contributed by atoms with Crippen LogP contribution in [0, 0.1) is 0 Å². The highest BCUT2D eigenvalue weighted by atomic mass is 16.2. The van der Waals surface area contributed by atoms with Gasteiger partial charge >= 0.3 is 0 Å². The summed E-state index contributed by atoms with van der Waals surface area (Å²) in [6.07, 6.45) is 2.77. The van der Waals surface area contributed by atoms with Crippen LogP contribution in [0.5, 0.6) is 0 Å². The highest BCUT2D eigenvalue weighted by Crippen LogP contribution is 2.11. The maximum absolute atomic E-state index is 12.0. The number of hydrogen-bond acceptors (Lipinski definition) is 1. The summed E-state index contributed by atoms with van der Waals surface area (Å²) in [7, 11) is 0. The third-order valence-electron chi connectivity index (χ3n) is 3.14. The highest BCUT2D eigenvalue weighted by molar-refractivity contribution is 5.92. The zero-order chi connectivity index (χ0) is 13.4. The van der Waals surface area contributed by atoms with E-state index < -0.39 is 0 Å². The number of carbonyl (C=O) groups is 1. The van der Waals surface area contributed by atoms with E-state index in [4.69, 9.17) is 0 Å². The third kappa shape index (κ3) is 4.36. The molecule has 0 aromatic heterocycles. The highest BCUT2D eigenvalue weighted by Gasteiger charge is 2.12. The smallest absolute Gasteiger partial charge is 0.249 e. The third-order valence-corrected chi connectivity index (χ3v) is 3.14. The first-order valence-electron chi connectivity index (χ1n) is 6.70. The number of carbonyl (C=O) groups excluding carboxylic acids is 1. The topological polar surface area (TPSA) is 20.3 Å². The van der Waals surface area contributed by atoms with Crippen LogP contribution < -0.4 is 0 Å². The summed E-state index contributed by atoms with van der Waals surface area (Å²) in [5, 5.41) is 0. The van der Waals surface area contributed by atoms with E-state index in [1.54, 1.807) is 0 Å². The van der Waals surface area contributed by atoms with Gasteiger partial charge in [-0.1, -0.05) is 36.9 Å². The lowest BCUT2D eigenvalue weighted by atomic mass is 10.0. The Kier molecular flexibility index (Phi) is 6.20. The van der Waals surface area contributed by atoms with Gasteiger partial charge in [0.25, 0.3) is 0 Å². The van der Waals surface area contributed by atoms with E-state index in [0.717, 1.165) is 37.9 Å². The normalized spacial score (nSPS) is 10.1. The van der Waals surface area contributed by atoms with Crippen molar-refractivity contribution in [1.82, 2.24) is 4.90 Å². The lowest BCUT2D eigenvalue weighted by molar-refractivity contribution is -0.126. The fourth-order valence-corrected chi connectivity index (χ4v) is 1.99. The molecule has 0 heterocycles. The van der Waals surface area contributed by atoms with Gasteiger partial charge in [0.1, 0.15) is 0 Å². The molecule has 0 bridgehead atoms. The predicted octanol–water partition coefficient (Wildman–Crippen LogP) is 3.43. The van der Waals surface area contributed by atoms with E-state index in [1.165, 1.54) is 5.56 Å². The van der Waals surface area contributed by atoms with Crippen molar-refractivity contribution in [3.05, 3.63) is 48.0 Å². The van der Waals surface area contributed by atoms with Gasteiger partial charge in [0, 0.05) is 18.7 Å². The molecule has 0 aliphatic heterocycles. The average molecular weight is 245 g/mol. The molecule has 98 valence electrons. The summed E-state index contributed by atoms with van der Waals surface area (Å²) in [4.78, 5) is 13.8. The molecule has 0 unspecified atom stereocenters. The van der Waals surface area contributed by atoms with Gasteiger partial charge in [-0.25, -0.2) is 0 Å². The lowest BCUT2D eigenvalue weighted by Crippen LogP contribution is -2.31. The molecule has 1 rings (SSSR count). The number of hydrogen-bond donors (Lipinski definition) is 0. The van der Waals surface area contributed by atoms with Crippen molar-refractivity contribution in [2.24, 2.45) is 0 Å². The molecule has 2 nitrogen and oxygen atoms in total. The van der Waals surface area contributed by atoms with Crippen LogP contribution in [-0.2, 0) is 11.2 Å². The van der Waals surface area contributed by atoms with Gasteiger partial charge < -0.3 is 4.90 Å². The SMILES string of the molecule is C=C(CCCc1ccccc1)C(=O)N(CC)CC. The number of likely N-dealkylation sites (N-methyl/N-ethyl adjacent to an activating group) is 1. The number of aryl methyl sites for hydroxylation is 1. The molecular formula is C16H23NO. The Balaban J connectivity index is 2.35. The Labute approximate surface area is 110 Å². The Morgan fingerprint density at radius 1 is 1.17 bits per heavy atom. The Morgan fingerprint density at radius 3 is 2.33 bits per heavy atom. The van der Waals surface area contributed by atoms with Crippen LogP contribution in [0.3, 0.4) is 0 Å². The van der Waals surface area contributed by atoms with Crippen LogP contribution in [-0.4, -0.2) is 23.9 Å². The number of nitrogens with zero attached hydrogens (tertiary/aromatic N) is 1. The molecule has 2 heteroatoms. The molecule has 18 heavy (non-hydrogen) atoms. The fourth-order valence-electron chi connectivity index (χ4n) is 1.99. The van der Waals surface area contributed by atoms with Crippen molar-refractivity contribution in [3.63, 3.8) is 0 Å². The molecule has 0 aliphatic rings. The van der Waals surface area contributed by atoms with Crippen LogP contribution >= 0.6 is 0 Å². The second-order valence-electron chi connectivity index (χ2n) is 4.42. The zero-order valence-corrected chi connectivity index (χ0v) is 11.5. The number of benzene rings is 1. The van der Waals surface area contributed by atoms with Gasteiger partial charge in [-0.3, -0.25) is 4.79 Å². The standard InChI is InChI=1S/C16H23NO/c1-4-17(5-2)16(18)14(3)10-9-13-15-11-7-6-8-12-15/h6-8,11-12H,3-5,9-10,13H2,1-2H3. The van der Waals surface area contributed by atoms with E-state index in [2.05, 4.69) is 18.7 Å². The Bertz CT molecular complexity index is 379. The summed E-state index contributed by atoms with van der Waals surface area (Å²) in [5.41, 5.74) is 2.05. The summed E-state index contributed by atoms with van der Waals surface area (Å²) in [6, 6.07) is 10.4. The Hall–Kier alpha value is -1.57. The molecule has 0 radical (unpaired) electrons. The lowest BCUT2D eigenvalue weighted by Gasteiger charge is -2.19. The molecule has 1 amide bonds. The van der Waals surface area contributed by atoms with E-state index in [9.17, 15) is 4.79 Å². The molecule has 1 aromatic rings. The quantitative estimate of drug-likeness (QED) is 0.674. The molecule has 0 aliphatic carbocycles. The van der Waals surface area contributed by atoms with Crippen LogP contribution in [0.4, 0.5) is 0 Å². The van der Waals surface area contributed by atoms with Crippen LogP contribution in [0.15, 0.2) is 42.5 Å². The molecule has 0 fully saturated rings. The minimum atomic E-state index is 0.105. The fraction of sp³-hybridized carbons (Fsp3) is 0.438. The Morgan fingerprint density at radius 2 is 1.78 bits per heavy atom. The van der Waals surface area contributed by atoms with E-state index in [1.807, 2.05) is 36.9 Å². The average Bonchev–Trinajstić information content (AvgIpc) is 2.41. The van der Waals surface area contributed by atoms with Crippen molar-refractivity contribution < 1.29 is 4.79 Å². The minimum Gasteiger partial charge on any atom is -0.340 e. The maximum atomic E-state index is 12.0. The van der Waals surface area contributed by atoms with Gasteiger partial charge in [0.2, 0.25) is 5.91 Å². The number of rotatable bonds is 7. The van der Waals surface area contributed by atoms with Crippen molar-refractivity contribution in [1.29, 1.82) is 0 Å². The van der Waals surface area contributed by atoms with Crippen molar-refractivity contribution in [3.8, 4) is 0 Å². The van der Waals surface area contributed by atoms with Gasteiger partial charge in [-0.15, -0.1) is 0 Å². The molecule has 0 saturated carbocycles. The van der Waals surface area contributed by atoms with Gasteiger partial charge in [-0.05, 0) is 38.7 Å². The second kappa shape index (κ2) is 7.70. The van der Waals surface area contributed by atoms with E-state index >= 15 is 0 Å². The van der Waals surface area contributed by atoms with E-state index in [-0.39, 0.29) is 5.91 Å². The number of amides is 1. The first-order valence-corrected chi connectivity index (χ1v) is 6.70. The molecular weight excluding hydrogens is 222 g/mol. The largest absolute Gasteiger partial charge is 0.340 e. The molecule has 0 spiro atoms. The monoisotopic (exact) mass is 245 g/mol. The van der Waals surface area contributed by atoms with Gasteiger partial charge in [0.05, 0.1) is 0 Å². The maximum Gasteiger partial charge on any atom is 0.249 e. The van der Waals surface area contributed by atoms with Crippen LogP contribution in [0.25, 0.3) is 0 Å². The predicted molar refractivity (Wildman–Crippen MR) is 76.4 cm³/mol. The van der Waals surface area contributed by atoms with Gasteiger partial charge in [0.15, 0.2) is 0 Å². The van der Waals surface area contributed by atoms with E-state index in [0.29, 0.717) is 0 Å². The minimum absolute atomic E-state index is 0.105. The second-order valence-corrected chi connectivity index (χ2v) is 4.42. The molecule has 0 atom stereocenters.